The molecule has 0 unspecified atom stereocenters. The number of benzene rings is 2. The average Bonchev–Trinajstić information content (AvgIpc) is 2.74. The van der Waals surface area contributed by atoms with Gasteiger partial charge in [-0.1, -0.05) is 23.7 Å². The molecule has 1 aliphatic rings. The van der Waals surface area contributed by atoms with Crippen LogP contribution in [-0.2, 0) is 15.7 Å². The van der Waals surface area contributed by atoms with Gasteiger partial charge in [-0.15, -0.1) is 0 Å². The molecule has 2 atom stereocenters. The Labute approximate surface area is 190 Å². The molecule has 0 aromatic heterocycles. The Morgan fingerprint density at radius 1 is 1.15 bits per heavy atom. The molecule has 0 bridgehead atoms. The van der Waals surface area contributed by atoms with Gasteiger partial charge in [0.05, 0.1) is 18.3 Å². The van der Waals surface area contributed by atoms with Gasteiger partial charge >= 0.3 is 18.4 Å². The topological polar surface area (TPSA) is 50.8 Å². The van der Waals surface area contributed by atoms with Crippen molar-refractivity contribution < 1.29 is 40.6 Å². The zero-order chi connectivity index (χ0) is 24.2. The molecule has 1 fully saturated rings. The van der Waals surface area contributed by atoms with Crippen molar-refractivity contribution in [2.75, 3.05) is 31.6 Å². The Kier molecular flexibility index (Phi) is 7.76. The van der Waals surface area contributed by atoms with E-state index in [1.165, 1.54) is 41.3 Å². The second kappa shape index (κ2) is 10.2. The highest BCUT2D eigenvalue weighted by Crippen LogP contribution is 2.33. The van der Waals surface area contributed by atoms with Crippen molar-refractivity contribution in [2.24, 2.45) is 0 Å². The van der Waals surface area contributed by atoms with Crippen molar-refractivity contribution >= 4 is 23.4 Å². The van der Waals surface area contributed by atoms with E-state index in [-0.39, 0.29) is 30.9 Å². The third-order valence-electron chi connectivity index (χ3n) is 4.87. The highest BCUT2D eigenvalue weighted by molar-refractivity contribution is 6.30. The number of hydrogen-bond acceptors (Lipinski definition) is 4. The first kappa shape index (κ1) is 25.1. The molecule has 1 N–H and O–H groups in total. The lowest BCUT2D eigenvalue weighted by molar-refractivity contribution is -0.209. The van der Waals surface area contributed by atoms with Crippen LogP contribution in [0.2, 0.25) is 5.02 Å². The van der Waals surface area contributed by atoms with Crippen LogP contribution in [0, 0.1) is 0 Å². The highest BCUT2D eigenvalue weighted by Gasteiger charge is 2.44. The molecule has 0 aliphatic carbocycles. The number of amides is 1. The largest absolute Gasteiger partial charge is 0.435 e. The predicted octanol–water partition coefficient (Wildman–Crippen LogP) is 5.91. The maximum atomic E-state index is 13.5. The third kappa shape index (κ3) is 7.24. The number of nitrogens with zero attached hydrogens (tertiary/aromatic N) is 1. The van der Waals surface area contributed by atoms with Crippen molar-refractivity contribution in [1.29, 1.82) is 0 Å². The number of alkyl halides is 6. The van der Waals surface area contributed by atoms with E-state index in [4.69, 9.17) is 16.3 Å². The number of rotatable bonds is 5. The first-order chi connectivity index (χ1) is 15.4. The normalized spacial score (nSPS) is 18.6. The van der Waals surface area contributed by atoms with Gasteiger partial charge in [-0.3, -0.25) is 10.2 Å². The van der Waals surface area contributed by atoms with Gasteiger partial charge in [0, 0.05) is 30.3 Å². The molecule has 1 amide bonds. The summed E-state index contributed by atoms with van der Waals surface area (Å²) in [5, 5.41) is 2.57. The average molecular weight is 497 g/mol. The molecule has 5 nitrogen and oxygen atoms in total. The van der Waals surface area contributed by atoms with Crippen LogP contribution in [0.15, 0.2) is 48.5 Å². The number of nitrogens with one attached hydrogen (secondary N) is 1. The minimum atomic E-state index is -4.86. The van der Waals surface area contributed by atoms with Crippen molar-refractivity contribution in [2.45, 2.75) is 24.6 Å². The number of ether oxygens (including phenoxy) is 2. The van der Waals surface area contributed by atoms with E-state index >= 15 is 0 Å². The fourth-order valence-electron chi connectivity index (χ4n) is 3.24. The van der Waals surface area contributed by atoms with Crippen LogP contribution in [0.1, 0.15) is 17.2 Å². The lowest BCUT2D eigenvalue weighted by Crippen LogP contribution is -2.48. The second-order valence-corrected chi connectivity index (χ2v) is 7.75. The molecular formula is C21H19ClF6N2O3. The summed E-state index contributed by atoms with van der Waals surface area (Å²) in [4.78, 5) is 13.3. The molecule has 0 radical (unpaired) electrons. The smallest absolute Gasteiger partial charge is 0.426 e. The summed E-state index contributed by atoms with van der Waals surface area (Å²) in [6, 6.07) is 10.1. The first-order valence-electron chi connectivity index (χ1n) is 9.73. The lowest BCUT2D eigenvalue weighted by Gasteiger charge is -2.35. The number of carbonyl (C=O) groups is 1. The molecule has 2 aromatic rings. The molecule has 3 rings (SSSR count). The van der Waals surface area contributed by atoms with Crippen LogP contribution in [-0.4, -0.2) is 49.5 Å². The van der Waals surface area contributed by atoms with Crippen LogP contribution in [0.4, 0.5) is 36.8 Å². The monoisotopic (exact) mass is 496 g/mol. The summed E-state index contributed by atoms with van der Waals surface area (Å²) in [6.45, 7) is -0.709. The summed E-state index contributed by atoms with van der Waals surface area (Å²) in [7, 11) is 0. The molecular weight excluding hydrogens is 478 g/mol. The number of carbonyl (C=O) groups excluding carboxylic acids is 1. The van der Waals surface area contributed by atoms with Crippen molar-refractivity contribution in [3.05, 3.63) is 64.7 Å². The van der Waals surface area contributed by atoms with E-state index < -0.39 is 42.8 Å². The van der Waals surface area contributed by atoms with Crippen LogP contribution < -0.4 is 5.32 Å². The molecule has 1 saturated heterocycles. The molecule has 0 spiro atoms. The van der Waals surface area contributed by atoms with Crippen LogP contribution in [0.3, 0.4) is 0 Å². The highest BCUT2D eigenvalue weighted by atomic mass is 35.5. The Bertz CT molecular complexity index is 952. The summed E-state index contributed by atoms with van der Waals surface area (Å²) in [5.74, 6) is 0. The van der Waals surface area contributed by atoms with Gasteiger partial charge in [0.25, 0.3) is 0 Å². The van der Waals surface area contributed by atoms with Gasteiger partial charge in [0.15, 0.2) is 0 Å². The van der Waals surface area contributed by atoms with Crippen LogP contribution >= 0.6 is 11.6 Å². The van der Waals surface area contributed by atoms with E-state index in [9.17, 15) is 31.1 Å². The molecule has 2 aromatic carbocycles. The standard InChI is InChI=1S/C21H19ClF6N2O3/c22-15-4-6-16(7-5-15)29-19(31)33-18(21(26,27)28)12-30-8-9-32-17(11-30)13-2-1-3-14(10-13)20(23,24)25/h1-7,10,17-18H,8-9,11-12H2,(H,29,31)/t17-,18+/m1/s1. The predicted molar refractivity (Wildman–Crippen MR) is 108 cm³/mol. The Balaban J connectivity index is 1.65. The second-order valence-electron chi connectivity index (χ2n) is 7.31. The van der Waals surface area contributed by atoms with E-state index in [0.717, 1.165) is 12.1 Å². The third-order valence-corrected chi connectivity index (χ3v) is 5.12. The van der Waals surface area contributed by atoms with Crippen molar-refractivity contribution in [1.82, 2.24) is 4.90 Å². The fraction of sp³-hybridized carbons (Fsp3) is 0.381. The molecule has 1 heterocycles. The van der Waals surface area contributed by atoms with E-state index in [1.807, 2.05) is 0 Å². The Morgan fingerprint density at radius 2 is 1.85 bits per heavy atom. The molecule has 1 aliphatic heterocycles. The minimum absolute atomic E-state index is 0.00244. The zero-order valence-corrected chi connectivity index (χ0v) is 17.7. The number of morpholine rings is 1. The van der Waals surface area contributed by atoms with Gasteiger partial charge in [-0.25, -0.2) is 4.79 Å². The van der Waals surface area contributed by atoms with Gasteiger partial charge in [0.1, 0.15) is 0 Å². The quantitative estimate of drug-likeness (QED) is 0.523. The summed E-state index contributed by atoms with van der Waals surface area (Å²) in [6.07, 6.45) is -14.0. The number of halogens is 7. The minimum Gasteiger partial charge on any atom is -0.435 e. The zero-order valence-electron chi connectivity index (χ0n) is 16.9. The maximum absolute atomic E-state index is 13.5. The lowest BCUT2D eigenvalue weighted by atomic mass is 10.0. The van der Waals surface area contributed by atoms with E-state index in [2.05, 4.69) is 10.1 Å². The first-order valence-corrected chi connectivity index (χ1v) is 10.1. The summed E-state index contributed by atoms with van der Waals surface area (Å²) >= 11 is 5.72. The van der Waals surface area contributed by atoms with Gasteiger partial charge in [-0.05, 0) is 42.0 Å². The Hall–Kier alpha value is -2.50. The van der Waals surface area contributed by atoms with Crippen LogP contribution in [0.25, 0.3) is 0 Å². The van der Waals surface area contributed by atoms with Gasteiger partial charge < -0.3 is 9.47 Å². The SMILES string of the molecule is O=C(Nc1ccc(Cl)cc1)O[C@@H](CN1CCO[C@@H](c2cccc(C(F)(F)F)c2)C1)C(F)(F)F. The van der Waals surface area contributed by atoms with Gasteiger partial charge in [-0.2, -0.15) is 26.3 Å². The molecule has 180 valence electrons. The van der Waals surface area contributed by atoms with Gasteiger partial charge in [0.2, 0.25) is 6.10 Å². The fourth-order valence-corrected chi connectivity index (χ4v) is 3.36. The van der Waals surface area contributed by atoms with Crippen molar-refractivity contribution in [3.8, 4) is 0 Å². The van der Waals surface area contributed by atoms with Crippen LogP contribution in [0.5, 0.6) is 0 Å². The van der Waals surface area contributed by atoms with E-state index in [1.54, 1.807) is 0 Å². The molecule has 12 heteroatoms. The van der Waals surface area contributed by atoms with E-state index in [0.29, 0.717) is 5.02 Å². The number of anilines is 1. The molecule has 0 saturated carbocycles. The van der Waals surface area contributed by atoms with Crippen molar-refractivity contribution in [3.63, 3.8) is 0 Å². The summed E-state index contributed by atoms with van der Waals surface area (Å²) in [5.41, 5.74) is -0.489. The number of hydrogen-bond donors (Lipinski definition) is 1. The Morgan fingerprint density at radius 3 is 2.48 bits per heavy atom. The maximum Gasteiger partial charge on any atom is 0.426 e. The molecule has 33 heavy (non-hydrogen) atoms. The summed E-state index contributed by atoms with van der Waals surface area (Å²) < 4.78 is 89.6.